The smallest absolute Gasteiger partial charge is 0.177 e. The van der Waals surface area contributed by atoms with Gasteiger partial charge in [0.05, 0.1) is 35.2 Å². The molecule has 0 N–H and O–H groups in total. The summed E-state index contributed by atoms with van der Waals surface area (Å²) in [5.41, 5.74) is 2.93. The second kappa shape index (κ2) is 8.28. The Morgan fingerprint density at radius 2 is 1.93 bits per heavy atom. The molecule has 0 fully saturated rings. The molecule has 9 heteroatoms. The van der Waals surface area contributed by atoms with E-state index in [0.29, 0.717) is 40.4 Å². The van der Waals surface area contributed by atoms with E-state index in [1.54, 1.807) is 26.4 Å². The lowest BCUT2D eigenvalue weighted by Crippen LogP contribution is -2.02. The number of benzene rings is 2. The Morgan fingerprint density at radius 3 is 2.50 bits per heavy atom. The summed E-state index contributed by atoms with van der Waals surface area (Å²) in [6, 6.07) is 6.91. The van der Waals surface area contributed by atoms with Crippen LogP contribution in [0, 0.1) is 0 Å². The van der Waals surface area contributed by atoms with Crippen molar-refractivity contribution < 1.29 is 17.9 Å². The minimum atomic E-state index is -3.57. The van der Waals surface area contributed by atoms with Crippen molar-refractivity contribution in [2.45, 2.75) is 25.2 Å². The summed E-state index contributed by atoms with van der Waals surface area (Å²) in [7, 11) is 1.44. The summed E-state index contributed by atoms with van der Waals surface area (Å²) in [6.07, 6.45) is 1.81. The second-order valence-electron chi connectivity index (χ2n) is 6.88. The van der Waals surface area contributed by atoms with Gasteiger partial charge in [-0.1, -0.05) is 18.5 Å². The minimum Gasteiger partial charge on any atom is -0.497 e. The summed E-state index contributed by atoms with van der Waals surface area (Å²) < 4.78 is 37.3. The lowest BCUT2D eigenvalue weighted by molar-refractivity contribution is 0.394. The number of aliphatic imine (C=N–C) groups is 1. The fourth-order valence-corrected chi connectivity index (χ4v) is 4.72. The van der Waals surface area contributed by atoms with E-state index in [-0.39, 0.29) is 9.92 Å². The Balaban J connectivity index is 2.34. The molecule has 0 saturated carbocycles. The third-order valence-corrected chi connectivity index (χ3v) is 6.54. The highest BCUT2D eigenvalue weighted by atomic mass is 35.5. The Labute approximate surface area is 181 Å². The van der Waals surface area contributed by atoms with Crippen molar-refractivity contribution in [3.05, 3.63) is 40.7 Å². The first-order valence-electron chi connectivity index (χ1n) is 9.27. The van der Waals surface area contributed by atoms with Crippen molar-refractivity contribution >= 4 is 43.9 Å². The highest BCUT2D eigenvalue weighted by Gasteiger charge is 2.23. The van der Waals surface area contributed by atoms with Gasteiger partial charge in [0.2, 0.25) is 0 Å². The largest absolute Gasteiger partial charge is 0.497 e. The average molecular weight is 450 g/mol. The van der Waals surface area contributed by atoms with Crippen molar-refractivity contribution in [2.75, 3.05) is 20.5 Å². The van der Waals surface area contributed by atoms with Crippen molar-refractivity contribution in [2.24, 2.45) is 12.0 Å². The zero-order valence-electron chi connectivity index (χ0n) is 17.8. The number of nitrogens with zero attached hydrogens (tertiary/aromatic N) is 3. The van der Waals surface area contributed by atoms with E-state index in [1.807, 2.05) is 31.5 Å². The quantitative estimate of drug-likeness (QED) is 0.522. The van der Waals surface area contributed by atoms with Crippen LogP contribution in [0.25, 0.3) is 11.0 Å². The van der Waals surface area contributed by atoms with Gasteiger partial charge in [-0.15, -0.1) is 0 Å². The molecular formula is C21H24ClN3O4S. The molecule has 0 amide bonds. The van der Waals surface area contributed by atoms with Gasteiger partial charge in [0.15, 0.2) is 9.84 Å². The van der Waals surface area contributed by atoms with E-state index >= 15 is 0 Å². The standard InChI is InChI=1S/C21H24ClN3O4S/c1-7-18-24-15-11-17(30(6,26)27)19(22)20(21(15)25(18)3)23-12(2)14-9-8-13(28-4)10-16(14)29-5/h8-11H,7H2,1-6H3. The Kier molecular flexibility index (Phi) is 6.10. The minimum absolute atomic E-state index is 0.00525. The molecule has 7 nitrogen and oxygen atoms in total. The molecule has 0 radical (unpaired) electrons. The van der Waals surface area contributed by atoms with E-state index in [9.17, 15) is 8.42 Å². The van der Waals surface area contributed by atoms with Crippen LogP contribution in [0.5, 0.6) is 11.5 Å². The third-order valence-electron chi connectivity index (χ3n) is 4.92. The third kappa shape index (κ3) is 3.89. The van der Waals surface area contributed by atoms with Crippen LogP contribution in [-0.2, 0) is 23.3 Å². The molecule has 30 heavy (non-hydrogen) atoms. The number of aromatic nitrogens is 2. The average Bonchev–Trinajstić information content (AvgIpc) is 3.03. The fraction of sp³-hybridized carbons (Fsp3) is 0.333. The van der Waals surface area contributed by atoms with Gasteiger partial charge >= 0.3 is 0 Å². The fourth-order valence-electron chi connectivity index (χ4n) is 3.37. The molecule has 160 valence electrons. The highest BCUT2D eigenvalue weighted by Crippen LogP contribution is 2.40. The molecule has 0 aliphatic heterocycles. The van der Waals surface area contributed by atoms with Gasteiger partial charge in [-0.2, -0.15) is 0 Å². The molecule has 0 bridgehead atoms. The van der Waals surface area contributed by atoms with Crippen LogP contribution in [-0.4, -0.2) is 44.2 Å². The van der Waals surface area contributed by atoms with Crippen LogP contribution in [0.2, 0.25) is 5.02 Å². The predicted octanol–water partition coefficient (Wildman–Crippen LogP) is 4.35. The van der Waals surface area contributed by atoms with Gasteiger partial charge in [-0.25, -0.2) is 18.4 Å². The molecule has 0 aliphatic rings. The van der Waals surface area contributed by atoms with Gasteiger partial charge in [-0.05, 0) is 25.1 Å². The Bertz CT molecular complexity index is 1260. The van der Waals surface area contributed by atoms with Crippen LogP contribution >= 0.6 is 11.6 Å². The molecule has 0 spiro atoms. The Morgan fingerprint density at radius 1 is 1.23 bits per heavy atom. The first kappa shape index (κ1) is 22.1. The number of fused-ring (bicyclic) bond motifs is 1. The van der Waals surface area contributed by atoms with Crippen LogP contribution in [0.15, 0.2) is 34.2 Å². The van der Waals surface area contributed by atoms with E-state index in [0.717, 1.165) is 17.6 Å². The lowest BCUT2D eigenvalue weighted by atomic mass is 10.1. The Hall–Kier alpha value is -2.58. The SMILES string of the molecule is CCc1nc2cc(S(C)(=O)=O)c(Cl)c(N=C(C)c3ccc(OC)cc3OC)c2n1C. The lowest BCUT2D eigenvalue weighted by Gasteiger charge is -2.12. The number of ether oxygens (including phenoxy) is 2. The summed E-state index contributed by atoms with van der Waals surface area (Å²) in [5.74, 6) is 2.05. The van der Waals surface area contributed by atoms with Crippen LogP contribution in [0.3, 0.4) is 0 Å². The summed E-state index contributed by atoms with van der Waals surface area (Å²) in [5, 5.41) is 0.0717. The van der Waals surface area contributed by atoms with E-state index < -0.39 is 9.84 Å². The number of sulfone groups is 1. The molecule has 0 aliphatic carbocycles. The summed E-state index contributed by atoms with van der Waals surface area (Å²) >= 11 is 6.57. The van der Waals surface area contributed by atoms with E-state index in [4.69, 9.17) is 26.1 Å². The van der Waals surface area contributed by atoms with Crippen molar-refractivity contribution in [3.8, 4) is 11.5 Å². The van der Waals surface area contributed by atoms with Crippen molar-refractivity contribution in [3.63, 3.8) is 0 Å². The predicted molar refractivity (Wildman–Crippen MR) is 120 cm³/mol. The van der Waals surface area contributed by atoms with Gasteiger partial charge in [0, 0.05) is 37.1 Å². The summed E-state index contributed by atoms with van der Waals surface area (Å²) in [6.45, 7) is 3.80. The maximum absolute atomic E-state index is 12.3. The molecule has 0 saturated heterocycles. The highest BCUT2D eigenvalue weighted by molar-refractivity contribution is 7.90. The first-order chi connectivity index (χ1) is 14.1. The van der Waals surface area contributed by atoms with E-state index in [2.05, 4.69) is 4.98 Å². The maximum atomic E-state index is 12.3. The zero-order chi connectivity index (χ0) is 22.2. The molecule has 1 aromatic heterocycles. The monoisotopic (exact) mass is 449 g/mol. The molecule has 2 aromatic carbocycles. The molecule has 3 rings (SSSR count). The second-order valence-corrected chi connectivity index (χ2v) is 9.24. The summed E-state index contributed by atoms with van der Waals surface area (Å²) in [4.78, 5) is 9.32. The van der Waals surface area contributed by atoms with Gasteiger partial charge < -0.3 is 14.0 Å². The molecule has 3 aromatic rings. The van der Waals surface area contributed by atoms with Gasteiger partial charge in [-0.3, -0.25) is 0 Å². The number of aryl methyl sites for hydroxylation is 2. The van der Waals surface area contributed by atoms with Gasteiger partial charge in [0.1, 0.15) is 23.0 Å². The van der Waals surface area contributed by atoms with Crippen molar-refractivity contribution in [1.82, 2.24) is 9.55 Å². The van der Waals surface area contributed by atoms with E-state index in [1.165, 1.54) is 6.07 Å². The zero-order valence-corrected chi connectivity index (χ0v) is 19.3. The normalized spacial score (nSPS) is 12.4. The first-order valence-corrected chi connectivity index (χ1v) is 11.5. The molecule has 1 heterocycles. The molecule has 0 unspecified atom stereocenters. The van der Waals surface area contributed by atoms with Crippen LogP contribution < -0.4 is 9.47 Å². The maximum Gasteiger partial charge on any atom is 0.177 e. The van der Waals surface area contributed by atoms with Crippen LogP contribution in [0.1, 0.15) is 25.2 Å². The van der Waals surface area contributed by atoms with Crippen molar-refractivity contribution in [1.29, 1.82) is 0 Å². The number of methoxy groups -OCH3 is 2. The van der Waals surface area contributed by atoms with Crippen LogP contribution in [0.4, 0.5) is 5.69 Å². The number of halogens is 1. The topological polar surface area (TPSA) is 82.8 Å². The molecule has 0 atom stereocenters. The molecular weight excluding hydrogens is 426 g/mol. The number of hydrogen-bond acceptors (Lipinski definition) is 6. The number of hydrogen-bond donors (Lipinski definition) is 0. The van der Waals surface area contributed by atoms with Gasteiger partial charge in [0.25, 0.3) is 0 Å². The number of imidazole rings is 1. The number of rotatable bonds is 6.